The number of pyridine rings is 1. The fraction of sp³-hybridized carbons (Fsp3) is 0.615. The van der Waals surface area contributed by atoms with E-state index in [-0.39, 0.29) is 5.25 Å². The molecule has 0 unspecified atom stereocenters. The van der Waals surface area contributed by atoms with Crippen LogP contribution in [-0.2, 0) is 0 Å². The van der Waals surface area contributed by atoms with E-state index in [2.05, 4.69) is 53.4 Å². The van der Waals surface area contributed by atoms with Gasteiger partial charge in [-0.2, -0.15) is 12.6 Å². The van der Waals surface area contributed by atoms with Crippen LogP contribution in [0.3, 0.4) is 0 Å². The summed E-state index contributed by atoms with van der Waals surface area (Å²) in [5, 5.41) is 0.258. The van der Waals surface area contributed by atoms with E-state index in [0.29, 0.717) is 0 Å². The van der Waals surface area contributed by atoms with Crippen LogP contribution in [0.5, 0.6) is 0 Å². The van der Waals surface area contributed by atoms with Crippen LogP contribution in [0.15, 0.2) is 18.3 Å². The van der Waals surface area contributed by atoms with Crippen LogP contribution in [0.4, 0.5) is 5.82 Å². The zero-order valence-electron chi connectivity index (χ0n) is 10.6. The van der Waals surface area contributed by atoms with Gasteiger partial charge in [-0.3, -0.25) is 0 Å². The lowest BCUT2D eigenvalue weighted by Gasteiger charge is -2.34. The van der Waals surface area contributed by atoms with Crippen LogP contribution in [0.2, 0.25) is 0 Å². The van der Waals surface area contributed by atoms with Crippen LogP contribution in [0, 0.1) is 0 Å². The zero-order valence-corrected chi connectivity index (χ0v) is 11.5. The van der Waals surface area contributed by atoms with Crippen LogP contribution >= 0.6 is 12.6 Å². The first-order valence-corrected chi connectivity index (χ1v) is 6.83. The summed E-state index contributed by atoms with van der Waals surface area (Å²) < 4.78 is 0. The van der Waals surface area contributed by atoms with Gasteiger partial charge < -0.3 is 9.80 Å². The Balaban J connectivity index is 1.99. The van der Waals surface area contributed by atoms with E-state index in [1.54, 1.807) is 0 Å². The van der Waals surface area contributed by atoms with Crippen LogP contribution in [0.1, 0.15) is 24.7 Å². The molecule has 1 fully saturated rings. The van der Waals surface area contributed by atoms with Crippen molar-refractivity contribution in [2.24, 2.45) is 0 Å². The van der Waals surface area contributed by atoms with Gasteiger partial charge in [0.2, 0.25) is 0 Å². The van der Waals surface area contributed by atoms with E-state index in [0.717, 1.165) is 38.5 Å². The van der Waals surface area contributed by atoms with Crippen molar-refractivity contribution in [2.75, 3.05) is 37.6 Å². The predicted octanol–water partition coefficient (Wildman–Crippen LogP) is 2.21. The standard InChI is InChI=1S/C13H21N3S/c1-3-15-6-8-16(9-7-15)13-5-4-12(10-14-13)11(2)17/h4-5,10-11,17H,3,6-9H2,1-2H3/t11-/m1/s1. The molecule has 0 saturated carbocycles. The molecule has 1 aromatic rings. The molecule has 0 spiro atoms. The van der Waals surface area contributed by atoms with Gasteiger partial charge in [0.05, 0.1) is 0 Å². The molecule has 1 aromatic heterocycles. The predicted molar refractivity (Wildman–Crippen MR) is 76.0 cm³/mol. The van der Waals surface area contributed by atoms with Gasteiger partial charge in [0, 0.05) is 37.6 Å². The highest BCUT2D eigenvalue weighted by atomic mass is 32.1. The summed E-state index contributed by atoms with van der Waals surface area (Å²) in [6.07, 6.45) is 1.94. The third kappa shape index (κ3) is 3.13. The highest BCUT2D eigenvalue weighted by molar-refractivity contribution is 7.80. The molecule has 17 heavy (non-hydrogen) atoms. The summed E-state index contributed by atoms with van der Waals surface area (Å²) in [5.41, 5.74) is 1.18. The van der Waals surface area contributed by atoms with Crippen molar-refractivity contribution in [1.82, 2.24) is 9.88 Å². The Morgan fingerprint density at radius 1 is 1.29 bits per heavy atom. The topological polar surface area (TPSA) is 19.4 Å². The van der Waals surface area contributed by atoms with Crippen LogP contribution in [-0.4, -0.2) is 42.6 Å². The van der Waals surface area contributed by atoms with E-state index in [1.165, 1.54) is 5.56 Å². The van der Waals surface area contributed by atoms with E-state index in [1.807, 2.05) is 6.20 Å². The monoisotopic (exact) mass is 251 g/mol. The molecule has 0 aliphatic carbocycles. The van der Waals surface area contributed by atoms with E-state index < -0.39 is 0 Å². The molecule has 4 heteroatoms. The number of hydrogen-bond acceptors (Lipinski definition) is 4. The van der Waals surface area contributed by atoms with Crippen molar-refractivity contribution in [3.05, 3.63) is 23.9 Å². The highest BCUT2D eigenvalue weighted by Crippen LogP contribution is 2.20. The number of nitrogens with zero attached hydrogens (tertiary/aromatic N) is 3. The average Bonchev–Trinajstić information content (AvgIpc) is 2.39. The van der Waals surface area contributed by atoms with Gasteiger partial charge in [-0.05, 0) is 25.1 Å². The lowest BCUT2D eigenvalue weighted by atomic mass is 10.2. The highest BCUT2D eigenvalue weighted by Gasteiger charge is 2.16. The molecule has 0 amide bonds. The first kappa shape index (κ1) is 12.7. The van der Waals surface area contributed by atoms with Gasteiger partial charge in [0.1, 0.15) is 5.82 Å². The van der Waals surface area contributed by atoms with Crippen molar-refractivity contribution in [2.45, 2.75) is 19.1 Å². The van der Waals surface area contributed by atoms with Crippen molar-refractivity contribution < 1.29 is 0 Å². The Morgan fingerprint density at radius 2 is 2.00 bits per heavy atom. The van der Waals surface area contributed by atoms with Gasteiger partial charge in [-0.1, -0.05) is 13.0 Å². The number of piperazine rings is 1. The van der Waals surface area contributed by atoms with E-state index >= 15 is 0 Å². The molecule has 1 aliphatic rings. The molecule has 1 saturated heterocycles. The molecule has 2 rings (SSSR count). The largest absolute Gasteiger partial charge is 0.354 e. The molecular weight excluding hydrogens is 230 g/mol. The lowest BCUT2D eigenvalue weighted by molar-refractivity contribution is 0.270. The summed E-state index contributed by atoms with van der Waals surface area (Å²) in [6, 6.07) is 4.25. The molecule has 1 atom stereocenters. The van der Waals surface area contributed by atoms with Gasteiger partial charge >= 0.3 is 0 Å². The third-order valence-electron chi connectivity index (χ3n) is 3.40. The maximum absolute atomic E-state index is 4.53. The molecule has 0 bridgehead atoms. The molecule has 0 aromatic carbocycles. The van der Waals surface area contributed by atoms with Crippen LogP contribution in [0.25, 0.3) is 0 Å². The first-order chi connectivity index (χ1) is 8.20. The number of likely N-dealkylation sites (N-methyl/N-ethyl adjacent to an activating group) is 1. The van der Waals surface area contributed by atoms with Crippen molar-refractivity contribution in [3.63, 3.8) is 0 Å². The van der Waals surface area contributed by atoms with Crippen LogP contribution < -0.4 is 4.90 Å². The first-order valence-electron chi connectivity index (χ1n) is 6.32. The average molecular weight is 251 g/mol. The Morgan fingerprint density at radius 3 is 2.47 bits per heavy atom. The quantitative estimate of drug-likeness (QED) is 0.831. The van der Waals surface area contributed by atoms with Gasteiger partial charge in [-0.15, -0.1) is 0 Å². The number of rotatable bonds is 3. The Bertz CT molecular complexity index is 342. The summed E-state index contributed by atoms with van der Waals surface area (Å²) in [4.78, 5) is 9.37. The third-order valence-corrected chi connectivity index (χ3v) is 3.69. The summed E-state index contributed by atoms with van der Waals surface area (Å²) in [6.45, 7) is 9.88. The molecule has 2 heterocycles. The minimum absolute atomic E-state index is 0.258. The normalized spacial score (nSPS) is 19.4. The lowest BCUT2D eigenvalue weighted by Crippen LogP contribution is -2.46. The molecule has 94 valence electrons. The Kier molecular flexibility index (Phi) is 4.29. The Labute approximate surface area is 109 Å². The van der Waals surface area contributed by atoms with Gasteiger partial charge in [-0.25, -0.2) is 4.98 Å². The second-order valence-electron chi connectivity index (χ2n) is 4.55. The minimum atomic E-state index is 0.258. The minimum Gasteiger partial charge on any atom is -0.354 e. The van der Waals surface area contributed by atoms with Crippen molar-refractivity contribution in [1.29, 1.82) is 0 Å². The van der Waals surface area contributed by atoms with Gasteiger partial charge in [0.25, 0.3) is 0 Å². The summed E-state index contributed by atoms with van der Waals surface area (Å²) in [7, 11) is 0. The molecular formula is C13H21N3S. The SMILES string of the molecule is CCN1CCN(c2ccc([C@@H](C)S)cn2)CC1. The van der Waals surface area contributed by atoms with E-state index in [4.69, 9.17) is 0 Å². The molecule has 0 N–H and O–H groups in total. The van der Waals surface area contributed by atoms with Crippen molar-refractivity contribution in [3.8, 4) is 0 Å². The van der Waals surface area contributed by atoms with Gasteiger partial charge in [0.15, 0.2) is 0 Å². The number of aromatic nitrogens is 1. The second kappa shape index (κ2) is 5.74. The maximum atomic E-state index is 4.53. The zero-order chi connectivity index (χ0) is 12.3. The number of thiol groups is 1. The maximum Gasteiger partial charge on any atom is 0.128 e. The molecule has 1 aliphatic heterocycles. The number of hydrogen-bond donors (Lipinski definition) is 1. The fourth-order valence-electron chi connectivity index (χ4n) is 2.12. The summed E-state index contributed by atoms with van der Waals surface area (Å²) >= 11 is 4.41. The van der Waals surface area contributed by atoms with E-state index in [9.17, 15) is 0 Å². The second-order valence-corrected chi connectivity index (χ2v) is 5.32. The molecule has 0 radical (unpaired) electrons. The smallest absolute Gasteiger partial charge is 0.128 e. The molecule has 3 nitrogen and oxygen atoms in total. The summed E-state index contributed by atoms with van der Waals surface area (Å²) in [5.74, 6) is 1.10. The Hall–Kier alpha value is -0.740. The fourth-order valence-corrected chi connectivity index (χ4v) is 2.28. The van der Waals surface area contributed by atoms with Crippen molar-refractivity contribution >= 4 is 18.4 Å². The number of anilines is 1.